The average Bonchev–Trinajstić information content (AvgIpc) is 2.25. The number of alkyl halides is 6. The Morgan fingerprint density at radius 3 is 1.68 bits per heavy atom. The van der Waals surface area contributed by atoms with Crippen molar-refractivity contribution >= 4 is 11.6 Å². The van der Waals surface area contributed by atoms with Gasteiger partial charge in [-0.1, -0.05) is 6.92 Å². The molecule has 0 rings (SSSR count). The monoisotopic (exact) mass is 292 g/mol. The van der Waals surface area contributed by atoms with Gasteiger partial charge in [0.2, 0.25) is 0 Å². The topological polar surface area (TPSA) is 43.4 Å². The van der Waals surface area contributed by atoms with Crippen molar-refractivity contribution in [2.45, 2.75) is 38.7 Å². The molecule has 0 spiro atoms. The molecule has 0 fully saturated rings. The maximum atomic E-state index is 12.1. The Morgan fingerprint density at radius 2 is 1.42 bits per heavy atom. The molecule has 19 heavy (non-hydrogen) atoms. The highest BCUT2D eigenvalue weighted by molar-refractivity contribution is 6.23. The number of ether oxygens (including phenoxy) is 1. The fourth-order valence-corrected chi connectivity index (χ4v) is 0.796. The van der Waals surface area contributed by atoms with Crippen molar-refractivity contribution in [1.82, 2.24) is 0 Å². The largest absolute Gasteiger partial charge is 0.497 e. The van der Waals surface area contributed by atoms with E-state index in [4.69, 9.17) is 0 Å². The van der Waals surface area contributed by atoms with Crippen LogP contribution in [0.4, 0.5) is 26.3 Å². The van der Waals surface area contributed by atoms with E-state index in [-0.39, 0.29) is 12.7 Å². The van der Waals surface area contributed by atoms with Crippen molar-refractivity contribution in [3.8, 4) is 0 Å². The average molecular weight is 292 g/mol. The minimum Gasteiger partial charge on any atom is -0.497 e. The Bertz CT molecular complexity index is 352. The van der Waals surface area contributed by atoms with Crippen LogP contribution in [0, 0.1) is 0 Å². The molecule has 0 aromatic heterocycles. The van der Waals surface area contributed by atoms with Crippen molar-refractivity contribution < 1.29 is 40.7 Å². The van der Waals surface area contributed by atoms with Gasteiger partial charge in [0.25, 0.3) is 11.6 Å². The fraction of sp³-hybridized carbons (Fsp3) is 0.600. The smallest absolute Gasteiger partial charge is 0.455 e. The van der Waals surface area contributed by atoms with E-state index in [1.807, 2.05) is 0 Å². The highest BCUT2D eigenvalue weighted by Crippen LogP contribution is 2.27. The summed E-state index contributed by atoms with van der Waals surface area (Å²) < 4.78 is 77.0. The van der Waals surface area contributed by atoms with Crippen LogP contribution in [-0.2, 0) is 14.3 Å². The van der Waals surface area contributed by atoms with Gasteiger partial charge in [-0.05, 0) is 13.3 Å². The lowest BCUT2D eigenvalue weighted by molar-refractivity contribution is -0.175. The van der Waals surface area contributed by atoms with E-state index in [0.717, 1.165) is 0 Å². The predicted molar refractivity (Wildman–Crippen MR) is 51.0 cm³/mol. The number of carbonyl (C=O) groups is 2. The van der Waals surface area contributed by atoms with Crippen LogP contribution in [0.25, 0.3) is 0 Å². The maximum Gasteiger partial charge on any atom is 0.455 e. The zero-order chi connectivity index (χ0) is 15.4. The van der Waals surface area contributed by atoms with Gasteiger partial charge in [0.05, 0.1) is 12.4 Å². The second kappa shape index (κ2) is 6.07. The number of carbonyl (C=O) groups excluding carboxylic acids is 2. The van der Waals surface area contributed by atoms with Gasteiger partial charge in [0.15, 0.2) is 0 Å². The van der Waals surface area contributed by atoms with Gasteiger partial charge >= 0.3 is 12.4 Å². The van der Waals surface area contributed by atoms with Gasteiger partial charge in [-0.2, -0.15) is 26.3 Å². The van der Waals surface area contributed by atoms with E-state index in [1.165, 1.54) is 6.92 Å². The summed E-state index contributed by atoms with van der Waals surface area (Å²) >= 11 is 0. The molecule has 1 unspecified atom stereocenters. The van der Waals surface area contributed by atoms with E-state index < -0.39 is 35.6 Å². The standard InChI is InChI=1S/C10H10F6O3/c1-3-5(2)19-4-6(7(17)9(11,12)13)8(18)10(14,15)16/h4-5H,3H2,1-2H3. The Kier molecular flexibility index (Phi) is 5.58. The molecular formula is C10H10F6O3. The highest BCUT2D eigenvalue weighted by atomic mass is 19.4. The number of allylic oxidation sites excluding steroid dienone is 1. The quantitative estimate of drug-likeness (QED) is 0.257. The summed E-state index contributed by atoms with van der Waals surface area (Å²) in [5, 5.41) is 0. The summed E-state index contributed by atoms with van der Waals surface area (Å²) in [6, 6.07) is 0. The molecule has 0 aliphatic heterocycles. The van der Waals surface area contributed by atoms with Crippen molar-refractivity contribution in [3.63, 3.8) is 0 Å². The Hall–Kier alpha value is -1.54. The molecule has 9 heteroatoms. The van der Waals surface area contributed by atoms with E-state index in [2.05, 4.69) is 4.74 Å². The van der Waals surface area contributed by atoms with Crippen LogP contribution in [0.15, 0.2) is 11.8 Å². The van der Waals surface area contributed by atoms with Gasteiger partial charge in [-0.3, -0.25) is 9.59 Å². The summed E-state index contributed by atoms with van der Waals surface area (Å²) in [7, 11) is 0. The molecular weight excluding hydrogens is 282 g/mol. The fourth-order valence-electron chi connectivity index (χ4n) is 0.796. The number of ketones is 2. The van der Waals surface area contributed by atoms with Crippen molar-refractivity contribution in [2.24, 2.45) is 0 Å². The first kappa shape index (κ1) is 17.5. The molecule has 0 heterocycles. The van der Waals surface area contributed by atoms with Crippen LogP contribution in [-0.4, -0.2) is 30.0 Å². The SMILES string of the molecule is CCC(C)OC=C(C(=O)C(F)(F)F)C(=O)C(F)(F)F. The van der Waals surface area contributed by atoms with Gasteiger partial charge in [0, 0.05) is 0 Å². The minimum absolute atomic E-state index is 0.0835. The number of Topliss-reactive ketones (excluding diaryl/α,β-unsaturated/α-hetero) is 2. The lowest BCUT2D eigenvalue weighted by Crippen LogP contribution is -2.35. The summed E-state index contributed by atoms with van der Waals surface area (Å²) in [5.74, 6) is -5.78. The molecule has 3 nitrogen and oxygen atoms in total. The molecule has 1 atom stereocenters. The van der Waals surface area contributed by atoms with Crippen molar-refractivity contribution in [1.29, 1.82) is 0 Å². The molecule has 0 aliphatic rings. The van der Waals surface area contributed by atoms with Crippen LogP contribution in [0.2, 0.25) is 0 Å². The number of hydrogen-bond donors (Lipinski definition) is 0. The molecule has 0 aromatic carbocycles. The highest BCUT2D eigenvalue weighted by Gasteiger charge is 2.50. The summed E-state index contributed by atoms with van der Waals surface area (Å²) in [5.41, 5.74) is -2.08. The van der Waals surface area contributed by atoms with Crippen LogP contribution in [0.5, 0.6) is 0 Å². The van der Waals surface area contributed by atoms with E-state index in [1.54, 1.807) is 6.92 Å². The summed E-state index contributed by atoms with van der Waals surface area (Å²) in [6.45, 7) is 2.90. The molecule has 0 saturated carbocycles. The first-order valence-corrected chi connectivity index (χ1v) is 4.99. The van der Waals surface area contributed by atoms with E-state index >= 15 is 0 Å². The number of halogens is 6. The molecule has 0 aromatic rings. The third-order valence-electron chi connectivity index (χ3n) is 2.00. The third kappa shape index (κ3) is 5.31. The van der Waals surface area contributed by atoms with Gasteiger partial charge in [-0.25, -0.2) is 0 Å². The molecule has 0 N–H and O–H groups in total. The van der Waals surface area contributed by atoms with Gasteiger partial charge in [-0.15, -0.1) is 0 Å². The third-order valence-corrected chi connectivity index (χ3v) is 2.00. The van der Waals surface area contributed by atoms with Gasteiger partial charge < -0.3 is 4.74 Å². The molecule has 0 aliphatic carbocycles. The van der Waals surface area contributed by atoms with Crippen LogP contribution in [0.1, 0.15) is 20.3 Å². The second-order valence-corrected chi connectivity index (χ2v) is 3.54. The van der Waals surface area contributed by atoms with Crippen LogP contribution >= 0.6 is 0 Å². The lowest BCUT2D eigenvalue weighted by Gasteiger charge is -2.13. The zero-order valence-corrected chi connectivity index (χ0v) is 9.85. The molecule has 0 radical (unpaired) electrons. The van der Waals surface area contributed by atoms with Crippen molar-refractivity contribution in [2.75, 3.05) is 0 Å². The Labute approximate surface area is 104 Å². The summed E-state index contributed by atoms with van der Waals surface area (Å²) in [4.78, 5) is 21.5. The molecule has 0 bridgehead atoms. The van der Waals surface area contributed by atoms with E-state index in [9.17, 15) is 35.9 Å². The number of rotatable bonds is 5. The first-order chi connectivity index (χ1) is 8.41. The normalized spacial score (nSPS) is 13.7. The van der Waals surface area contributed by atoms with E-state index in [0.29, 0.717) is 0 Å². The zero-order valence-electron chi connectivity index (χ0n) is 9.85. The maximum absolute atomic E-state index is 12.1. The number of hydrogen-bond acceptors (Lipinski definition) is 3. The Morgan fingerprint density at radius 1 is 1.05 bits per heavy atom. The summed E-state index contributed by atoms with van der Waals surface area (Å²) in [6.07, 6.45) is -11.7. The lowest BCUT2D eigenvalue weighted by atomic mass is 10.1. The first-order valence-electron chi connectivity index (χ1n) is 4.99. The molecule has 110 valence electrons. The predicted octanol–water partition coefficient (Wildman–Crippen LogP) is 2.95. The molecule has 0 amide bonds. The van der Waals surface area contributed by atoms with Gasteiger partial charge in [0.1, 0.15) is 5.57 Å². The minimum atomic E-state index is -5.59. The second-order valence-electron chi connectivity index (χ2n) is 3.54. The van der Waals surface area contributed by atoms with Crippen LogP contribution in [0.3, 0.4) is 0 Å². The Balaban J connectivity index is 5.40. The van der Waals surface area contributed by atoms with Crippen molar-refractivity contribution in [3.05, 3.63) is 11.8 Å². The molecule has 0 saturated heterocycles. The van der Waals surface area contributed by atoms with Crippen LogP contribution < -0.4 is 0 Å².